The topological polar surface area (TPSA) is 201 Å². The summed E-state index contributed by atoms with van der Waals surface area (Å²) in [6, 6.07) is 1.93. The maximum Gasteiger partial charge on any atom is 0.337 e. The molecule has 0 aliphatic carbocycles. The van der Waals surface area contributed by atoms with Crippen molar-refractivity contribution in [2.45, 2.75) is 0 Å². The number of amides is 2. The summed E-state index contributed by atoms with van der Waals surface area (Å²) in [5.74, 6) is -8.10. The average molecular weight is 334 g/mol. The van der Waals surface area contributed by atoms with Gasteiger partial charge in [-0.05, 0) is 12.1 Å². The van der Waals surface area contributed by atoms with E-state index in [9.17, 15) is 39.6 Å². The second-order valence-corrected chi connectivity index (χ2v) is 4.69. The summed E-state index contributed by atoms with van der Waals surface area (Å²) in [4.78, 5) is 46.4. The molecule has 0 atom stereocenters. The fourth-order valence-electron chi connectivity index (χ4n) is 2.48. The average Bonchev–Trinajstić information content (AvgIpc) is 2.47. The Morgan fingerprint density at radius 3 is 1.67 bits per heavy atom. The first-order valence-corrected chi connectivity index (χ1v) is 6.20. The van der Waals surface area contributed by atoms with Gasteiger partial charge in [0.25, 0.3) is 0 Å². The number of carbonyl (C=O) groups is 4. The van der Waals surface area contributed by atoms with Crippen LogP contribution in [0.4, 0.5) is 0 Å². The summed E-state index contributed by atoms with van der Waals surface area (Å²) in [6.07, 6.45) is 0. The van der Waals surface area contributed by atoms with Crippen LogP contribution in [0.1, 0.15) is 41.4 Å². The van der Waals surface area contributed by atoms with E-state index in [4.69, 9.17) is 11.5 Å². The zero-order valence-electron chi connectivity index (χ0n) is 11.7. The van der Waals surface area contributed by atoms with Gasteiger partial charge in [-0.15, -0.1) is 0 Å². The minimum absolute atomic E-state index is 0.339. The molecule has 0 spiro atoms. The second-order valence-electron chi connectivity index (χ2n) is 4.69. The van der Waals surface area contributed by atoms with E-state index in [2.05, 4.69) is 0 Å². The molecule has 124 valence electrons. The molecule has 0 heterocycles. The molecule has 10 nitrogen and oxygen atoms in total. The van der Waals surface area contributed by atoms with E-state index < -0.39 is 62.9 Å². The standard InChI is InChI=1S/C14H10N2O8/c15-11(19)6-3-1-2-4(17)10(18)5(3)8(13(21)22)9(14(23)24)7(6)12(16)20/h1-2,17-18H,(H2,15,19)(H2,16,20)(H,21,22)(H,23,24). The highest BCUT2D eigenvalue weighted by Gasteiger charge is 2.33. The van der Waals surface area contributed by atoms with Gasteiger partial charge in [0.1, 0.15) is 0 Å². The monoisotopic (exact) mass is 334 g/mol. The first kappa shape index (κ1) is 16.5. The van der Waals surface area contributed by atoms with Crippen LogP contribution in [0.2, 0.25) is 0 Å². The number of hydrogen-bond donors (Lipinski definition) is 6. The summed E-state index contributed by atoms with van der Waals surface area (Å²) in [5, 5.41) is 37.2. The molecule has 0 aromatic heterocycles. The van der Waals surface area contributed by atoms with Gasteiger partial charge in [0.15, 0.2) is 11.5 Å². The third-order valence-corrected chi connectivity index (χ3v) is 3.35. The lowest BCUT2D eigenvalue weighted by Gasteiger charge is -2.16. The van der Waals surface area contributed by atoms with Crippen LogP contribution >= 0.6 is 0 Å². The Bertz CT molecular complexity index is 948. The molecule has 0 saturated carbocycles. The molecule has 0 bridgehead atoms. The first-order valence-electron chi connectivity index (χ1n) is 6.20. The van der Waals surface area contributed by atoms with Gasteiger partial charge in [-0.3, -0.25) is 9.59 Å². The molecule has 0 unspecified atom stereocenters. The van der Waals surface area contributed by atoms with Gasteiger partial charge < -0.3 is 31.9 Å². The van der Waals surface area contributed by atoms with Crippen LogP contribution in [-0.2, 0) is 0 Å². The number of hydrogen-bond acceptors (Lipinski definition) is 6. The molecular weight excluding hydrogens is 324 g/mol. The molecule has 0 radical (unpaired) electrons. The molecule has 8 N–H and O–H groups in total. The lowest BCUT2D eigenvalue weighted by Crippen LogP contribution is -2.26. The van der Waals surface area contributed by atoms with E-state index >= 15 is 0 Å². The highest BCUT2D eigenvalue weighted by atomic mass is 16.4. The predicted octanol–water partition coefficient (Wildman–Crippen LogP) is -0.155. The Morgan fingerprint density at radius 1 is 0.750 bits per heavy atom. The van der Waals surface area contributed by atoms with Gasteiger partial charge >= 0.3 is 11.9 Å². The van der Waals surface area contributed by atoms with Gasteiger partial charge in [0.05, 0.1) is 22.3 Å². The van der Waals surface area contributed by atoms with Crippen molar-refractivity contribution in [2.24, 2.45) is 11.5 Å². The molecule has 2 aromatic rings. The number of fused-ring (bicyclic) bond motifs is 1. The van der Waals surface area contributed by atoms with E-state index in [0.29, 0.717) is 0 Å². The number of aromatic carboxylic acids is 2. The van der Waals surface area contributed by atoms with Crippen molar-refractivity contribution in [1.82, 2.24) is 0 Å². The van der Waals surface area contributed by atoms with Crippen molar-refractivity contribution in [1.29, 1.82) is 0 Å². The summed E-state index contributed by atoms with van der Waals surface area (Å²) < 4.78 is 0. The summed E-state index contributed by atoms with van der Waals surface area (Å²) in [7, 11) is 0. The number of phenols is 2. The van der Waals surface area contributed by atoms with Crippen LogP contribution in [0.15, 0.2) is 12.1 Å². The quantitative estimate of drug-likeness (QED) is 0.414. The first-order chi connectivity index (χ1) is 11.1. The Kier molecular flexibility index (Phi) is 3.74. The van der Waals surface area contributed by atoms with E-state index in [1.807, 2.05) is 0 Å². The Hall–Kier alpha value is -3.82. The van der Waals surface area contributed by atoms with Crippen molar-refractivity contribution in [2.75, 3.05) is 0 Å². The predicted molar refractivity (Wildman–Crippen MR) is 78.2 cm³/mol. The number of primary amides is 2. The number of rotatable bonds is 4. The largest absolute Gasteiger partial charge is 0.504 e. The lowest BCUT2D eigenvalue weighted by molar-refractivity contribution is 0.0650. The van der Waals surface area contributed by atoms with Crippen LogP contribution in [0.25, 0.3) is 10.8 Å². The number of nitrogens with two attached hydrogens (primary N) is 2. The zero-order chi connectivity index (χ0) is 18.3. The van der Waals surface area contributed by atoms with E-state index in [1.54, 1.807) is 0 Å². The second kappa shape index (κ2) is 5.43. The Labute approximate surface area is 132 Å². The summed E-state index contributed by atoms with van der Waals surface area (Å²) in [6.45, 7) is 0. The fraction of sp³-hybridized carbons (Fsp3) is 0. The van der Waals surface area contributed by atoms with Crippen LogP contribution in [0, 0.1) is 0 Å². The number of aromatic hydroxyl groups is 2. The lowest BCUT2D eigenvalue weighted by atomic mass is 9.87. The van der Waals surface area contributed by atoms with E-state index in [-0.39, 0.29) is 5.39 Å². The molecule has 0 saturated heterocycles. The molecular formula is C14H10N2O8. The fourth-order valence-corrected chi connectivity index (χ4v) is 2.48. The van der Waals surface area contributed by atoms with Crippen molar-refractivity contribution >= 4 is 34.5 Å². The maximum absolute atomic E-state index is 11.7. The minimum atomic E-state index is -1.88. The summed E-state index contributed by atoms with van der Waals surface area (Å²) in [5.41, 5.74) is 6.58. The maximum atomic E-state index is 11.7. The Balaban J connectivity index is 3.36. The van der Waals surface area contributed by atoms with Gasteiger partial charge in [-0.2, -0.15) is 0 Å². The van der Waals surface area contributed by atoms with Crippen LogP contribution < -0.4 is 11.5 Å². The number of benzene rings is 2. The smallest absolute Gasteiger partial charge is 0.337 e. The van der Waals surface area contributed by atoms with Crippen molar-refractivity contribution in [3.8, 4) is 11.5 Å². The molecule has 0 aliphatic heterocycles. The highest BCUT2D eigenvalue weighted by Crippen LogP contribution is 2.40. The normalized spacial score (nSPS) is 10.5. The van der Waals surface area contributed by atoms with Crippen LogP contribution in [0.3, 0.4) is 0 Å². The molecule has 24 heavy (non-hydrogen) atoms. The van der Waals surface area contributed by atoms with E-state index in [0.717, 1.165) is 12.1 Å². The number of phenolic OH excluding ortho intramolecular Hbond substituents is 2. The molecule has 10 heteroatoms. The Morgan fingerprint density at radius 2 is 1.25 bits per heavy atom. The zero-order valence-corrected chi connectivity index (χ0v) is 11.7. The van der Waals surface area contributed by atoms with E-state index in [1.165, 1.54) is 0 Å². The van der Waals surface area contributed by atoms with Crippen molar-refractivity contribution in [3.05, 3.63) is 34.4 Å². The molecule has 2 aromatic carbocycles. The van der Waals surface area contributed by atoms with Gasteiger partial charge in [-0.25, -0.2) is 9.59 Å². The number of carboxylic acid groups (broad SMARTS) is 2. The van der Waals surface area contributed by atoms with Gasteiger partial charge in [0, 0.05) is 10.8 Å². The van der Waals surface area contributed by atoms with Crippen LogP contribution in [-0.4, -0.2) is 44.2 Å². The summed E-state index contributed by atoms with van der Waals surface area (Å²) >= 11 is 0. The van der Waals surface area contributed by atoms with Gasteiger partial charge in [-0.1, -0.05) is 0 Å². The molecule has 0 aliphatic rings. The molecule has 2 rings (SSSR count). The highest BCUT2D eigenvalue weighted by molar-refractivity contribution is 6.26. The minimum Gasteiger partial charge on any atom is -0.504 e. The van der Waals surface area contributed by atoms with Crippen molar-refractivity contribution < 1.29 is 39.6 Å². The number of carbonyl (C=O) groups excluding carboxylic acids is 2. The molecule has 2 amide bonds. The van der Waals surface area contributed by atoms with Crippen molar-refractivity contribution in [3.63, 3.8) is 0 Å². The third kappa shape index (κ3) is 2.22. The SMILES string of the molecule is NC(=O)c1c(C(=O)O)c(C(=O)O)c2c(O)c(O)ccc2c1C(N)=O. The van der Waals surface area contributed by atoms with Gasteiger partial charge in [0.2, 0.25) is 11.8 Å². The van der Waals surface area contributed by atoms with Crippen LogP contribution in [0.5, 0.6) is 11.5 Å². The number of carboxylic acids is 2. The third-order valence-electron chi connectivity index (χ3n) is 3.35. The molecule has 0 fully saturated rings.